The predicted molar refractivity (Wildman–Crippen MR) is 534 cm³/mol. The number of nitrogens with two attached hydrogens (primary N) is 1. The molecule has 141 heavy (non-hydrogen) atoms. The Hall–Kier alpha value is -12.9. The van der Waals surface area contributed by atoms with Crippen LogP contribution in [0.1, 0.15) is 275 Å². The summed E-state index contributed by atoms with van der Waals surface area (Å²) in [5, 5.41) is 11.6. The van der Waals surface area contributed by atoms with E-state index in [1.54, 1.807) is 41.5 Å². The molecular weight excluding hydrogens is 1980 g/mol. The van der Waals surface area contributed by atoms with E-state index in [1.807, 2.05) is 128 Å². The Morgan fingerprint density at radius 2 is 0.567 bits per heavy atom. The number of fused-ring (bicyclic) bond motifs is 16. The van der Waals surface area contributed by atoms with Crippen LogP contribution in [-0.2, 0) is 159 Å². The fraction of sp³-hybridized carbons (Fsp3) is 0.439. The molecule has 0 spiro atoms. The van der Waals surface area contributed by atoms with Crippen LogP contribution in [0, 0.1) is 27.7 Å². The molecule has 34 heteroatoms. The first kappa shape index (κ1) is 113. The first-order valence-electron chi connectivity index (χ1n) is 47.8. The number of benzene rings is 1. The van der Waals surface area contributed by atoms with Gasteiger partial charge in [0.15, 0.2) is 0 Å². The van der Waals surface area contributed by atoms with Crippen LogP contribution in [0.5, 0.6) is 0 Å². The number of carbonyl (C=O) groups is 12. The average Bonchev–Trinajstić information content (AvgIpc) is 1.62. The Morgan fingerprint density at radius 3 is 0.865 bits per heavy atom. The maximum atomic E-state index is 13.3. The molecule has 0 fully saturated rings. The minimum atomic E-state index is -0.378. The molecule has 12 rings (SSSR count). The number of carbonyl (C=O) groups excluding carboxylic acids is 12. The third-order valence-corrected chi connectivity index (χ3v) is 24.9. The topological polar surface area (TPSA) is 446 Å². The summed E-state index contributed by atoms with van der Waals surface area (Å²) in [6.45, 7) is 29.5. The number of imide groups is 1. The normalized spacial score (nSPS) is 12.5. The van der Waals surface area contributed by atoms with Crippen LogP contribution >= 0.6 is 0 Å². The second-order valence-corrected chi connectivity index (χ2v) is 34.1. The molecule has 0 saturated carbocycles. The molecule has 11 heterocycles. The molecule has 0 atom stereocenters. The van der Waals surface area contributed by atoms with E-state index in [-0.39, 0.29) is 236 Å². The van der Waals surface area contributed by atoms with Crippen molar-refractivity contribution in [1.82, 2.24) is 66.0 Å². The molecule has 0 unspecified atom stereocenters. The van der Waals surface area contributed by atoms with Gasteiger partial charge in [-0.3, -0.25) is 62.4 Å². The number of rotatable bonds is 44. The maximum absolute atomic E-state index is 13.3. The van der Waals surface area contributed by atoms with E-state index in [2.05, 4.69) is 21.3 Å². The fourth-order valence-corrected chi connectivity index (χ4v) is 17.2. The molecule has 16 bridgehead atoms. The number of nitrogen functional groups attached to an aromatic ring is 1. The number of anilines is 1. The van der Waals surface area contributed by atoms with Gasteiger partial charge in [0.1, 0.15) is 0 Å². The number of ether oxygens (including phenoxy) is 6. The number of hydrogen-bond acceptors (Lipinski definition) is 23. The van der Waals surface area contributed by atoms with E-state index < -0.39 is 0 Å². The van der Waals surface area contributed by atoms with Gasteiger partial charge in [-0.05, 0) is 230 Å². The van der Waals surface area contributed by atoms with Crippen molar-refractivity contribution in [2.24, 2.45) is 0 Å². The zero-order valence-electron chi connectivity index (χ0n) is 82.3. The monoisotopic (exact) mass is 2110 g/mol. The number of hydrogen-bond donors (Lipinski definition) is 5. The second kappa shape index (κ2) is 54.8. The summed E-state index contributed by atoms with van der Waals surface area (Å²) in [4.78, 5) is 193. The van der Waals surface area contributed by atoms with Gasteiger partial charge in [0.05, 0.1) is 85.2 Å². The Labute approximate surface area is 850 Å². The van der Waals surface area contributed by atoms with Crippen LogP contribution in [0.25, 0.3) is 88.7 Å². The van der Waals surface area contributed by atoms with Crippen LogP contribution in [0.15, 0.2) is 84.9 Å². The molecule has 0 saturated heterocycles. The molecule has 7 aromatic rings. The summed E-state index contributed by atoms with van der Waals surface area (Å²) >= 11 is 0. The van der Waals surface area contributed by atoms with Crippen molar-refractivity contribution in [1.29, 1.82) is 0 Å². The van der Waals surface area contributed by atoms with Crippen molar-refractivity contribution in [3.05, 3.63) is 181 Å². The second-order valence-electron chi connectivity index (χ2n) is 34.1. The largest absolute Gasteiger partial charge is 2.00 e. The van der Waals surface area contributed by atoms with E-state index in [9.17, 15) is 57.5 Å². The van der Waals surface area contributed by atoms with Crippen LogP contribution in [0.2, 0.25) is 0 Å². The molecule has 6 amide bonds. The Bertz CT molecular complexity index is 6350. The Morgan fingerprint density at radius 1 is 0.312 bits per heavy atom. The Kier molecular flexibility index (Phi) is 44.1. The van der Waals surface area contributed by atoms with Crippen LogP contribution in [0.4, 0.5) is 5.69 Å². The standard InChI is InChI=1S/C53H65N7O10.C53H65N7O8.CH4.2Pd/c1-8-68-51(65)21-15-36-32(5)40-27-43-35(14-18-48(62)55-25-12-24-54-47(61)13-11-26-60-49(63)19-20-50(60)64)31(4)39(56-43)28-44-37(16-22-52(66)69-9-2)33(6)41(58-44)30-46-38(17-23-53(67)70-10-3)34(7)42(59-46)29-45(36)57-40;1-8-66-51(63)20-16-38-32(5)42-27-45-37(15-19-49(61)56-26-24-50(62)55-25-23-35-11-13-36(54)14-12-35)31(4)41(57-45)28-46-39(17-21-52(64)67-9-2)33(6)43(59-46)30-48-40(18-22-53(65)68-10-3)34(7)44(60-48)29-47(38)58-42;;;/h19-20,27-30H,8-18,21-26H2,1-7H3,(H4,54,55,56,57,58,59,61,62,63,64);11-14,27-30H,8-10,15-26,54H2,1-7H3,(H4,55,56,57,58,59,60,61,62);1H4;;/q;;;2*+2/p-4. The number of aryl methyl sites for hydroxylation is 8. The molecule has 6 N–H and O–H groups in total. The van der Waals surface area contributed by atoms with Gasteiger partial charge in [-0.2, -0.15) is 0 Å². The summed E-state index contributed by atoms with van der Waals surface area (Å²) in [5.41, 5.74) is 31.6. The quantitative estimate of drug-likeness (QED) is 0.00591. The number of aromatic nitrogens is 8. The molecule has 756 valence electrons. The van der Waals surface area contributed by atoms with E-state index >= 15 is 0 Å². The molecule has 0 radical (unpaired) electrons. The molecule has 0 aliphatic carbocycles. The maximum Gasteiger partial charge on any atom is 2.00 e. The van der Waals surface area contributed by atoms with E-state index in [4.69, 9.17) is 74.0 Å². The smallest absolute Gasteiger partial charge is 0.657 e. The van der Waals surface area contributed by atoms with Gasteiger partial charge in [0.2, 0.25) is 23.6 Å². The van der Waals surface area contributed by atoms with Crippen LogP contribution in [0.3, 0.4) is 0 Å². The third-order valence-electron chi connectivity index (χ3n) is 24.9. The molecule has 1 aromatic carbocycles. The summed E-state index contributed by atoms with van der Waals surface area (Å²) in [6, 6.07) is 22.9. The molecular formula is C107H130N14O18Pd2. The molecule has 5 aliphatic rings. The SMILES string of the molecule is C.CCOC(=O)CCC1=C(C)c2cc3[n-]c(cc4nc(cc5[n-]c(cc1n2)c(C)c5CCC(=O)OCC)C(C)=C4CCC(=O)NCCC(=O)NCCc1ccc(N)cc1)c(C)c3CCC(=O)OCC.CCOC(=O)CCC1=C(C)c2cc3[n-]c(cc4nc(cc5[n-]c(cc1n2)c(C)c5CCC(=O)OCC)C(C)=C4CCC(=O)NCCCNC(=O)CCCN1C(=O)C=CC1=O)c(C)c3CCC(=O)OCC.[Pd+2].[Pd+2]. The first-order chi connectivity index (χ1) is 66.3. The molecule has 32 nitrogen and oxygen atoms in total. The van der Waals surface area contributed by atoms with Crippen molar-refractivity contribution in [2.45, 2.75) is 239 Å². The minimum absolute atomic E-state index is 0. The average molecular weight is 2110 g/mol. The van der Waals surface area contributed by atoms with Gasteiger partial charge in [0.25, 0.3) is 11.8 Å². The third kappa shape index (κ3) is 30.8. The Balaban J connectivity index is 0.000000338. The van der Waals surface area contributed by atoms with E-state index in [0.29, 0.717) is 186 Å². The summed E-state index contributed by atoms with van der Waals surface area (Å²) in [5.74, 6) is -3.39. The van der Waals surface area contributed by atoms with Crippen molar-refractivity contribution in [2.75, 3.05) is 78.1 Å². The van der Waals surface area contributed by atoms with Gasteiger partial charge < -0.3 is 75.4 Å². The summed E-state index contributed by atoms with van der Waals surface area (Å²) in [6.07, 6.45) is 8.38. The fourth-order valence-electron chi connectivity index (χ4n) is 17.2. The molecule has 5 aliphatic heterocycles. The van der Waals surface area contributed by atoms with Gasteiger partial charge in [-0.25, -0.2) is 19.9 Å². The van der Waals surface area contributed by atoms with Gasteiger partial charge in [-0.1, -0.05) is 113 Å². The van der Waals surface area contributed by atoms with Gasteiger partial charge in [0, 0.05) is 115 Å². The van der Waals surface area contributed by atoms with Crippen LogP contribution < -0.4 is 46.9 Å². The van der Waals surface area contributed by atoms with Gasteiger partial charge in [-0.15, -0.1) is 44.1 Å². The van der Waals surface area contributed by atoms with Crippen molar-refractivity contribution in [3.63, 3.8) is 0 Å². The number of amides is 6. The minimum Gasteiger partial charge on any atom is -0.657 e. The molecule has 6 aromatic heterocycles. The summed E-state index contributed by atoms with van der Waals surface area (Å²) < 4.78 is 31.7. The zero-order chi connectivity index (χ0) is 99.4. The predicted octanol–water partition coefficient (Wildman–Crippen LogP) is 14.7. The number of nitrogens with zero attached hydrogens (tertiary/aromatic N) is 9. The number of nitrogens with one attached hydrogen (secondary N) is 4. The van der Waals surface area contributed by atoms with E-state index in [1.165, 1.54) is 12.2 Å². The number of esters is 6. The van der Waals surface area contributed by atoms with Crippen LogP contribution in [-0.4, -0.2) is 168 Å². The summed E-state index contributed by atoms with van der Waals surface area (Å²) in [7, 11) is 0. The van der Waals surface area contributed by atoms with Crippen molar-refractivity contribution < 1.29 is 127 Å². The van der Waals surface area contributed by atoms with E-state index in [0.717, 1.165) is 99.6 Å². The van der Waals surface area contributed by atoms with Crippen molar-refractivity contribution >= 4 is 166 Å². The van der Waals surface area contributed by atoms with Gasteiger partial charge >= 0.3 is 76.7 Å². The first-order valence-corrected chi connectivity index (χ1v) is 47.8. The number of allylic oxidation sites excluding steroid dienone is 8. The van der Waals surface area contributed by atoms with Crippen molar-refractivity contribution in [3.8, 4) is 0 Å². The zero-order valence-corrected chi connectivity index (χ0v) is 85.4.